The Hall–Kier alpha value is -0.530. The molecular formula is C11H16ClN. The summed E-state index contributed by atoms with van der Waals surface area (Å²) in [5.41, 5.74) is 3.91. The van der Waals surface area contributed by atoms with Crippen LogP contribution in [0.2, 0.25) is 0 Å². The summed E-state index contributed by atoms with van der Waals surface area (Å²) < 4.78 is 0. The summed E-state index contributed by atoms with van der Waals surface area (Å²) in [6.07, 6.45) is 0. The fourth-order valence-corrected chi connectivity index (χ4v) is 1.65. The number of alkyl halides is 1. The van der Waals surface area contributed by atoms with Gasteiger partial charge >= 0.3 is 0 Å². The highest BCUT2D eigenvalue weighted by Gasteiger charge is 2.07. The molecule has 1 rings (SSSR count). The maximum atomic E-state index is 5.83. The summed E-state index contributed by atoms with van der Waals surface area (Å²) in [6, 6.07) is 6.73. The predicted octanol–water partition coefficient (Wildman–Crippen LogP) is 2.80. The topological polar surface area (TPSA) is 12.0 Å². The van der Waals surface area contributed by atoms with Crippen LogP contribution in [0.4, 0.5) is 0 Å². The quantitative estimate of drug-likeness (QED) is 0.735. The Morgan fingerprint density at radius 1 is 1.31 bits per heavy atom. The standard InChI is InChI=1S/C11H16ClN/c1-8-4-5-10(6-9(8)2)11(7-12)13-3/h4-6,11,13H,7H2,1-3H3. The number of rotatable bonds is 3. The third-order valence-corrected chi connectivity index (χ3v) is 2.74. The van der Waals surface area contributed by atoms with E-state index < -0.39 is 0 Å². The maximum absolute atomic E-state index is 5.83. The molecule has 0 radical (unpaired) electrons. The van der Waals surface area contributed by atoms with Gasteiger partial charge < -0.3 is 5.32 Å². The smallest absolute Gasteiger partial charge is 0.0455 e. The van der Waals surface area contributed by atoms with Gasteiger partial charge in [-0.2, -0.15) is 0 Å². The molecule has 0 aromatic heterocycles. The van der Waals surface area contributed by atoms with Gasteiger partial charge in [-0.15, -0.1) is 11.6 Å². The Morgan fingerprint density at radius 2 is 2.00 bits per heavy atom. The van der Waals surface area contributed by atoms with Crippen molar-refractivity contribution in [1.82, 2.24) is 5.32 Å². The van der Waals surface area contributed by atoms with Crippen molar-refractivity contribution in [2.45, 2.75) is 19.9 Å². The first-order chi connectivity index (χ1) is 6.19. The number of hydrogen-bond donors (Lipinski definition) is 1. The number of benzene rings is 1. The van der Waals surface area contributed by atoms with Crippen molar-refractivity contribution < 1.29 is 0 Å². The van der Waals surface area contributed by atoms with Crippen molar-refractivity contribution in [3.63, 3.8) is 0 Å². The van der Waals surface area contributed by atoms with E-state index in [1.165, 1.54) is 16.7 Å². The third-order valence-electron chi connectivity index (χ3n) is 2.44. The number of aryl methyl sites for hydroxylation is 2. The molecule has 0 spiro atoms. The highest BCUT2D eigenvalue weighted by molar-refractivity contribution is 6.18. The molecule has 1 N–H and O–H groups in total. The van der Waals surface area contributed by atoms with Crippen LogP contribution in [0.1, 0.15) is 22.7 Å². The molecule has 1 aromatic carbocycles. The minimum absolute atomic E-state index is 0.265. The van der Waals surface area contributed by atoms with Crippen LogP contribution in [0.15, 0.2) is 18.2 Å². The second-order valence-electron chi connectivity index (χ2n) is 3.34. The van der Waals surface area contributed by atoms with E-state index in [9.17, 15) is 0 Å². The number of nitrogens with one attached hydrogen (secondary N) is 1. The summed E-state index contributed by atoms with van der Waals surface area (Å²) in [6.45, 7) is 4.24. The van der Waals surface area contributed by atoms with Gasteiger partial charge in [-0.25, -0.2) is 0 Å². The SMILES string of the molecule is CNC(CCl)c1ccc(C)c(C)c1. The molecule has 0 bridgehead atoms. The molecule has 0 heterocycles. The molecule has 0 amide bonds. The normalized spacial score (nSPS) is 12.9. The van der Waals surface area contributed by atoms with E-state index in [4.69, 9.17) is 11.6 Å². The largest absolute Gasteiger partial charge is 0.312 e. The van der Waals surface area contributed by atoms with Gasteiger partial charge in [0.05, 0.1) is 0 Å². The molecule has 72 valence electrons. The molecular weight excluding hydrogens is 182 g/mol. The molecule has 0 aliphatic rings. The molecule has 0 saturated heterocycles. The lowest BCUT2D eigenvalue weighted by Crippen LogP contribution is -2.17. The van der Waals surface area contributed by atoms with Crippen molar-refractivity contribution in [3.8, 4) is 0 Å². The van der Waals surface area contributed by atoms with Crippen LogP contribution in [-0.4, -0.2) is 12.9 Å². The summed E-state index contributed by atoms with van der Waals surface area (Å²) in [4.78, 5) is 0. The summed E-state index contributed by atoms with van der Waals surface area (Å²) >= 11 is 5.83. The zero-order chi connectivity index (χ0) is 9.84. The van der Waals surface area contributed by atoms with Crippen LogP contribution in [0.3, 0.4) is 0 Å². The number of halogens is 1. The van der Waals surface area contributed by atoms with Gasteiger partial charge in [-0.3, -0.25) is 0 Å². The van der Waals surface area contributed by atoms with Crippen molar-refractivity contribution in [2.75, 3.05) is 12.9 Å². The van der Waals surface area contributed by atoms with Gasteiger partial charge in [0.1, 0.15) is 0 Å². The van der Waals surface area contributed by atoms with Crippen LogP contribution in [0.5, 0.6) is 0 Å². The Balaban J connectivity index is 2.95. The average Bonchev–Trinajstić information content (AvgIpc) is 2.13. The van der Waals surface area contributed by atoms with E-state index in [1.54, 1.807) is 0 Å². The van der Waals surface area contributed by atoms with Gasteiger partial charge in [0.25, 0.3) is 0 Å². The van der Waals surface area contributed by atoms with Crippen LogP contribution in [-0.2, 0) is 0 Å². The first kappa shape index (κ1) is 10.6. The molecule has 1 nitrogen and oxygen atoms in total. The van der Waals surface area contributed by atoms with Crippen molar-refractivity contribution in [3.05, 3.63) is 34.9 Å². The fraction of sp³-hybridized carbons (Fsp3) is 0.455. The Morgan fingerprint density at radius 3 is 2.46 bits per heavy atom. The lowest BCUT2D eigenvalue weighted by Gasteiger charge is -2.14. The highest BCUT2D eigenvalue weighted by Crippen LogP contribution is 2.17. The van der Waals surface area contributed by atoms with E-state index >= 15 is 0 Å². The van der Waals surface area contributed by atoms with Gasteiger partial charge in [0, 0.05) is 11.9 Å². The zero-order valence-electron chi connectivity index (χ0n) is 8.39. The van der Waals surface area contributed by atoms with E-state index in [2.05, 4.69) is 37.4 Å². The molecule has 1 unspecified atom stereocenters. The average molecular weight is 198 g/mol. The molecule has 0 saturated carbocycles. The van der Waals surface area contributed by atoms with Gasteiger partial charge in [-0.05, 0) is 37.6 Å². The molecule has 0 aliphatic carbocycles. The predicted molar refractivity (Wildman–Crippen MR) is 58.4 cm³/mol. The Bertz CT molecular complexity index is 279. The van der Waals surface area contributed by atoms with Crippen molar-refractivity contribution >= 4 is 11.6 Å². The van der Waals surface area contributed by atoms with Gasteiger partial charge in [0.2, 0.25) is 0 Å². The summed E-state index contributed by atoms with van der Waals surface area (Å²) in [5, 5.41) is 3.18. The molecule has 2 heteroatoms. The minimum Gasteiger partial charge on any atom is -0.312 e. The Kier molecular flexibility index (Phi) is 3.76. The third kappa shape index (κ3) is 2.45. The molecule has 1 aromatic rings. The monoisotopic (exact) mass is 197 g/mol. The lowest BCUT2D eigenvalue weighted by molar-refractivity contribution is 0.658. The van der Waals surface area contributed by atoms with Crippen LogP contribution >= 0.6 is 11.6 Å². The Labute approximate surface area is 85.1 Å². The van der Waals surface area contributed by atoms with Gasteiger partial charge in [-0.1, -0.05) is 18.2 Å². The second kappa shape index (κ2) is 4.64. The second-order valence-corrected chi connectivity index (χ2v) is 3.65. The zero-order valence-corrected chi connectivity index (χ0v) is 9.15. The van der Waals surface area contributed by atoms with Crippen LogP contribution in [0.25, 0.3) is 0 Å². The summed E-state index contributed by atoms with van der Waals surface area (Å²) in [7, 11) is 1.93. The molecule has 0 fully saturated rings. The fourth-order valence-electron chi connectivity index (χ4n) is 1.31. The minimum atomic E-state index is 0.265. The number of hydrogen-bond acceptors (Lipinski definition) is 1. The first-order valence-corrected chi connectivity index (χ1v) is 5.03. The maximum Gasteiger partial charge on any atom is 0.0455 e. The van der Waals surface area contributed by atoms with E-state index in [0.29, 0.717) is 5.88 Å². The van der Waals surface area contributed by atoms with Crippen LogP contribution < -0.4 is 5.32 Å². The molecule has 0 aliphatic heterocycles. The van der Waals surface area contributed by atoms with Gasteiger partial charge in [0.15, 0.2) is 0 Å². The lowest BCUT2D eigenvalue weighted by atomic mass is 10.0. The molecule has 1 atom stereocenters. The first-order valence-electron chi connectivity index (χ1n) is 4.49. The van der Waals surface area contributed by atoms with E-state index in [1.807, 2.05) is 7.05 Å². The molecule has 13 heavy (non-hydrogen) atoms. The summed E-state index contributed by atoms with van der Waals surface area (Å²) in [5.74, 6) is 0.610. The van der Waals surface area contributed by atoms with Crippen molar-refractivity contribution in [1.29, 1.82) is 0 Å². The van der Waals surface area contributed by atoms with E-state index in [-0.39, 0.29) is 6.04 Å². The van der Waals surface area contributed by atoms with E-state index in [0.717, 1.165) is 0 Å². The highest BCUT2D eigenvalue weighted by atomic mass is 35.5. The van der Waals surface area contributed by atoms with Crippen LogP contribution in [0, 0.1) is 13.8 Å². The van der Waals surface area contributed by atoms with Crippen molar-refractivity contribution in [2.24, 2.45) is 0 Å².